The van der Waals surface area contributed by atoms with E-state index in [1.807, 2.05) is 61.5 Å². The SMILES string of the molecule is COc1ccc2cc([C@H](C)C(=O)OCC(=O)Nc3c(C)cccc3C(C)C)ccc2c1. The highest BCUT2D eigenvalue weighted by atomic mass is 16.5. The zero-order chi connectivity index (χ0) is 22.5. The second kappa shape index (κ2) is 9.65. The lowest BCUT2D eigenvalue weighted by atomic mass is 9.98. The first-order valence-corrected chi connectivity index (χ1v) is 10.4. The lowest BCUT2D eigenvalue weighted by Gasteiger charge is -2.17. The zero-order valence-corrected chi connectivity index (χ0v) is 18.7. The van der Waals surface area contributed by atoms with Gasteiger partial charge in [0.2, 0.25) is 0 Å². The first-order chi connectivity index (χ1) is 14.8. The van der Waals surface area contributed by atoms with Gasteiger partial charge < -0.3 is 14.8 Å². The summed E-state index contributed by atoms with van der Waals surface area (Å²) in [6, 6.07) is 17.5. The topological polar surface area (TPSA) is 64.6 Å². The summed E-state index contributed by atoms with van der Waals surface area (Å²) in [5.74, 6) is -0.207. The molecule has 0 saturated heterocycles. The van der Waals surface area contributed by atoms with Crippen molar-refractivity contribution in [2.24, 2.45) is 0 Å². The Morgan fingerprint density at radius 2 is 1.68 bits per heavy atom. The fourth-order valence-corrected chi connectivity index (χ4v) is 3.55. The van der Waals surface area contributed by atoms with Crippen LogP contribution in [0.25, 0.3) is 10.8 Å². The number of ether oxygens (including phenoxy) is 2. The number of nitrogens with one attached hydrogen (secondary N) is 1. The van der Waals surface area contributed by atoms with E-state index in [0.717, 1.165) is 38.9 Å². The maximum absolute atomic E-state index is 12.6. The third-order valence-electron chi connectivity index (χ3n) is 5.46. The number of aryl methyl sites for hydroxylation is 1. The van der Waals surface area contributed by atoms with Crippen molar-refractivity contribution < 1.29 is 19.1 Å². The number of hydrogen-bond donors (Lipinski definition) is 1. The molecule has 0 saturated carbocycles. The number of esters is 1. The third-order valence-corrected chi connectivity index (χ3v) is 5.46. The number of para-hydroxylation sites is 1. The lowest BCUT2D eigenvalue weighted by Crippen LogP contribution is -2.24. The quantitative estimate of drug-likeness (QED) is 0.509. The van der Waals surface area contributed by atoms with Crippen LogP contribution in [0.3, 0.4) is 0 Å². The van der Waals surface area contributed by atoms with E-state index >= 15 is 0 Å². The van der Waals surface area contributed by atoms with Crippen molar-refractivity contribution in [1.82, 2.24) is 0 Å². The monoisotopic (exact) mass is 419 g/mol. The minimum atomic E-state index is -0.482. The van der Waals surface area contributed by atoms with E-state index in [2.05, 4.69) is 19.2 Å². The molecule has 1 amide bonds. The molecule has 0 aliphatic rings. The van der Waals surface area contributed by atoms with Gasteiger partial charge in [0.15, 0.2) is 6.61 Å². The van der Waals surface area contributed by atoms with Gasteiger partial charge in [0.25, 0.3) is 5.91 Å². The highest BCUT2D eigenvalue weighted by molar-refractivity contribution is 5.95. The summed E-state index contributed by atoms with van der Waals surface area (Å²) in [5, 5.41) is 4.94. The van der Waals surface area contributed by atoms with Gasteiger partial charge >= 0.3 is 5.97 Å². The summed E-state index contributed by atoms with van der Waals surface area (Å²) in [7, 11) is 1.63. The maximum Gasteiger partial charge on any atom is 0.313 e. The van der Waals surface area contributed by atoms with E-state index in [1.54, 1.807) is 14.0 Å². The predicted molar refractivity (Wildman–Crippen MR) is 124 cm³/mol. The van der Waals surface area contributed by atoms with Crippen molar-refractivity contribution in [3.05, 3.63) is 71.3 Å². The average molecular weight is 420 g/mol. The molecule has 0 spiro atoms. The Kier molecular flexibility index (Phi) is 6.95. The summed E-state index contributed by atoms with van der Waals surface area (Å²) in [6.07, 6.45) is 0. The summed E-state index contributed by atoms with van der Waals surface area (Å²) < 4.78 is 10.6. The Labute approximate surface area is 183 Å². The van der Waals surface area contributed by atoms with E-state index in [0.29, 0.717) is 0 Å². The van der Waals surface area contributed by atoms with E-state index in [9.17, 15) is 9.59 Å². The van der Waals surface area contributed by atoms with E-state index < -0.39 is 11.9 Å². The summed E-state index contributed by atoms with van der Waals surface area (Å²) in [5.41, 5.74) is 3.66. The van der Waals surface area contributed by atoms with Crippen molar-refractivity contribution >= 4 is 28.3 Å². The minimum Gasteiger partial charge on any atom is -0.497 e. The van der Waals surface area contributed by atoms with Crippen LogP contribution in [0.5, 0.6) is 5.75 Å². The van der Waals surface area contributed by atoms with Crippen LogP contribution in [0.1, 0.15) is 49.3 Å². The van der Waals surface area contributed by atoms with Crippen LogP contribution >= 0.6 is 0 Å². The standard InChI is InChI=1S/C26H29NO4/c1-16(2)23-8-6-7-17(3)25(23)27-24(28)15-31-26(29)18(4)19-9-10-21-14-22(30-5)12-11-20(21)13-19/h6-14,16,18H,15H2,1-5H3,(H,27,28)/t18-/m0/s1. The van der Waals surface area contributed by atoms with Crippen molar-refractivity contribution in [3.63, 3.8) is 0 Å². The van der Waals surface area contributed by atoms with Gasteiger partial charge in [-0.05, 0) is 59.4 Å². The van der Waals surface area contributed by atoms with Crippen LogP contribution in [-0.2, 0) is 14.3 Å². The molecule has 1 atom stereocenters. The highest BCUT2D eigenvalue weighted by Crippen LogP contribution is 2.28. The average Bonchev–Trinajstić information content (AvgIpc) is 2.77. The smallest absolute Gasteiger partial charge is 0.313 e. The first kappa shape index (κ1) is 22.3. The second-order valence-corrected chi connectivity index (χ2v) is 8.04. The van der Waals surface area contributed by atoms with Crippen LogP contribution in [0.15, 0.2) is 54.6 Å². The van der Waals surface area contributed by atoms with Gasteiger partial charge in [0.1, 0.15) is 5.75 Å². The lowest BCUT2D eigenvalue weighted by molar-refractivity contribution is -0.148. The Hall–Kier alpha value is -3.34. The Bertz CT molecular complexity index is 1100. The van der Waals surface area contributed by atoms with Gasteiger partial charge in [0.05, 0.1) is 13.0 Å². The summed E-state index contributed by atoms with van der Waals surface area (Å²) >= 11 is 0. The molecule has 0 unspecified atom stereocenters. The van der Waals surface area contributed by atoms with E-state index in [1.165, 1.54) is 0 Å². The highest BCUT2D eigenvalue weighted by Gasteiger charge is 2.19. The molecule has 0 heterocycles. The molecule has 0 fully saturated rings. The van der Waals surface area contributed by atoms with Crippen molar-refractivity contribution in [2.45, 2.75) is 39.5 Å². The van der Waals surface area contributed by atoms with Gasteiger partial charge in [0, 0.05) is 5.69 Å². The van der Waals surface area contributed by atoms with Gasteiger partial charge in [-0.2, -0.15) is 0 Å². The number of anilines is 1. The Morgan fingerprint density at radius 3 is 2.39 bits per heavy atom. The molecule has 162 valence electrons. The van der Waals surface area contributed by atoms with Crippen LogP contribution in [-0.4, -0.2) is 25.6 Å². The summed E-state index contributed by atoms with van der Waals surface area (Å²) in [6.45, 7) is 7.56. The molecule has 0 aromatic heterocycles. The van der Waals surface area contributed by atoms with Crippen molar-refractivity contribution in [2.75, 3.05) is 19.0 Å². The Morgan fingerprint density at radius 1 is 0.968 bits per heavy atom. The molecule has 3 rings (SSSR count). The molecule has 0 aliphatic carbocycles. The van der Waals surface area contributed by atoms with Crippen LogP contribution in [0.4, 0.5) is 5.69 Å². The van der Waals surface area contributed by atoms with Crippen LogP contribution in [0.2, 0.25) is 0 Å². The number of benzene rings is 3. The molecular formula is C26H29NO4. The fourth-order valence-electron chi connectivity index (χ4n) is 3.55. The van der Waals surface area contributed by atoms with Crippen molar-refractivity contribution in [3.8, 4) is 5.75 Å². The number of carbonyl (C=O) groups excluding carboxylic acids is 2. The number of methoxy groups -OCH3 is 1. The van der Waals surface area contributed by atoms with E-state index in [4.69, 9.17) is 9.47 Å². The van der Waals surface area contributed by atoms with Gasteiger partial charge in [-0.25, -0.2) is 0 Å². The molecule has 31 heavy (non-hydrogen) atoms. The van der Waals surface area contributed by atoms with E-state index in [-0.39, 0.29) is 18.4 Å². The molecule has 5 nitrogen and oxygen atoms in total. The van der Waals surface area contributed by atoms with Crippen LogP contribution in [0, 0.1) is 6.92 Å². The normalized spacial score (nSPS) is 11.9. The number of amides is 1. The van der Waals surface area contributed by atoms with Crippen LogP contribution < -0.4 is 10.1 Å². The Balaban J connectivity index is 1.64. The number of hydrogen-bond acceptors (Lipinski definition) is 4. The largest absolute Gasteiger partial charge is 0.497 e. The zero-order valence-electron chi connectivity index (χ0n) is 18.7. The number of carbonyl (C=O) groups is 2. The molecule has 0 bridgehead atoms. The number of rotatable bonds is 7. The third kappa shape index (κ3) is 5.23. The van der Waals surface area contributed by atoms with Gasteiger partial charge in [-0.15, -0.1) is 0 Å². The minimum absolute atomic E-state index is 0.269. The molecule has 5 heteroatoms. The van der Waals surface area contributed by atoms with Gasteiger partial charge in [-0.1, -0.05) is 56.3 Å². The molecule has 0 radical (unpaired) electrons. The summed E-state index contributed by atoms with van der Waals surface area (Å²) in [4.78, 5) is 25.0. The molecule has 3 aromatic rings. The molecule has 0 aliphatic heterocycles. The fraction of sp³-hybridized carbons (Fsp3) is 0.308. The number of fused-ring (bicyclic) bond motifs is 1. The predicted octanol–water partition coefficient (Wildman–Crippen LogP) is 5.57. The van der Waals surface area contributed by atoms with Gasteiger partial charge in [-0.3, -0.25) is 9.59 Å². The van der Waals surface area contributed by atoms with Crippen molar-refractivity contribution in [1.29, 1.82) is 0 Å². The molecular weight excluding hydrogens is 390 g/mol. The second-order valence-electron chi connectivity index (χ2n) is 8.04. The maximum atomic E-state index is 12.6. The molecule has 1 N–H and O–H groups in total. The first-order valence-electron chi connectivity index (χ1n) is 10.4. The molecule has 3 aromatic carbocycles.